The molecule has 0 aromatic carbocycles. The molecule has 1 N–H and O–H groups in total. The number of aromatic nitrogens is 2. The Morgan fingerprint density at radius 1 is 1.50 bits per heavy atom. The first-order chi connectivity index (χ1) is 8.72. The molecule has 0 radical (unpaired) electrons. The van der Waals surface area contributed by atoms with E-state index < -0.39 is 5.97 Å². The Morgan fingerprint density at radius 3 is 2.83 bits per heavy atom. The molecular formula is C13H19N3O2. The lowest BCUT2D eigenvalue weighted by molar-refractivity contribution is 0.0692. The van der Waals surface area contributed by atoms with Crippen molar-refractivity contribution in [2.24, 2.45) is 0 Å². The van der Waals surface area contributed by atoms with Crippen molar-refractivity contribution in [1.29, 1.82) is 0 Å². The number of rotatable bonds is 5. The summed E-state index contributed by atoms with van der Waals surface area (Å²) >= 11 is 0. The third-order valence-electron chi connectivity index (χ3n) is 3.63. The zero-order valence-electron chi connectivity index (χ0n) is 10.7. The van der Waals surface area contributed by atoms with Gasteiger partial charge < -0.3 is 5.11 Å². The van der Waals surface area contributed by atoms with Crippen LogP contribution in [0.25, 0.3) is 0 Å². The highest BCUT2D eigenvalue weighted by molar-refractivity contribution is 5.88. The maximum atomic E-state index is 11.1. The van der Waals surface area contributed by atoms with E-state index in [0.717, 1.165) is 6.54 Å². The molecule has 1 fully saturated rings. The van der Waals surface area contributed by atoms with Gasteiger partial charge in [0.15, 0.2) is 0 Å². The number of hydrogen-bond donors (Lipinski definition) is 1. The third-order valence-corrected chi connectivity index (χ3v) is 3.63. The van der Waals surface area contributed by atoms with Gasteiger partial charge in [-0.25, -0.2) is 14.8 Å². The van der Waals surface area contributed by atoms with Crippen molar-refractivity contribution in [3.63, 3.8) is 0 Å². The van der Waals surface area contributed by atoms with E-state index in [4.69, 9.17) is 5.11 Å². The number of carboxylic acid groups (broad SMARTS) is 1. The van der Waals surface area contributed by atoms with Crippen molar-refractivity contribution in [3.8, 4) is 0 Å². The van der Waals surface area contributed by atoms with Crippen LogP contribution in [0.1, 0.15) is 48.7 Å². The Balaban J connectivity index is 2.13. The summed E-state index contributed by atoms with van der Waals surface area (Å²) in [6.45, 7) is 3.64. The van der Waals surface area contributed by atoms with Crippen molar-refractivity contribution >= 4 is 5.97 Å². The predicted molar refractivity (Wildman–Crippen MR) is 67.3 cm³/mol. The normalized spacial score (nSPS) is 16.3. The van der Waals surface area contributed by atoms with Crippen LogP contribution in [0, 0.1) is 0 Å². The fourth-order valence-corrected chi connectivity index (χ4v) is 2.62. The molecule has 5 heteroatoms. The van der Waals surface area contributed by atoms with Gasteiger partial charge in [0.05, 0.1) is 5.69 Å². The highest BCUT2D eigenvalue weighted by atomic mass is 16.4. The number of nitrogens with zero attached hydrogens (tertiary/aromatic N) is 3. The first-order valence-electron chi connectivity index (χ1n) is 6.48. The molecule has 0 unspecified atom stereocenters. The second-order valence-corrected chi connectivity index (χ2v) is 4.69. The highest BCUT2D eigenvalue weighted by Crippen LogP contribution is 2.24. The minimum absolute atomic E-state index is 0.217. The molecule has 1 aliphatic rings. The van der Waals surface area contributed by atoms with Crippen LogP contribution in [0.15, 0.2) is 12.5 Å². The van der Waals surface area contributed by atoms with Gasteiger partial charge in [-0.2, -0.15) is 0 Å². The van der Waals surface area contributed by atoms with Crippen LogP contribution in [-0.2, 0) is 6.54 Å². The molecule has 1 saturated carbocycles. The molecule has 0 amide bonds. The molecule has 0 atom stereocenters. The average molecular weight is 249 g/mol. The van der Waals surface area contributed by atoms with E-state index in [2.05, 4.69) is 21.8 Å². The molecule has 1 aliphatic carbocycles. The number of carbonyl (C=O) groups is 1. The Labute approximate surface area is 107 Å². The van der Waals surface area contributed by atoms with Crippen LogP contribution >= 0.6 is 0 Å². The fourth-order valence-electron chi connectivity index (χ4n) is 2.62. The zero-order valence-corrected chi connectivity index (χ0v) is 10.7. The first-order valence-corrected chi connectivity index (χ1v) is 6.48. The van der Waals surface area contributed by atoms with E-state index in [-0.39, 0.29) is 5.56 Å². The Hall–Kier alpha value is -1.49. The Morgan fingerprint density at radius 2 is 2.22 bits per heavy atom. The van der Waals surface area contributed by atoms with Crippen molar-refractivity contribution in [2.45, 2.75) is 45.2 Å². The quantitative estimate of drug-likeness (QED) is 0.863. The number of hydrogen-bond acceptors (Lipinski definition) is 4. The van der Waals surface area contributed by atoms with E-state index in [1.54, 1.807) is 0 Å². The van der Waals surface area contributed by atoms with Crippen LogP contribution in [0.5, 0.6) is 0 Å². The second-order valence-electron chi connectivity index (χ2n) is 4.69. The average Bonchev–Trinajstić information content (AvgIpc) is 2.90. The van der Waals surface area contributed by atoms with Gasteiger partial charge in [-0.05, 0) is 19.4 Å². The van der Waals surface area contributed by atoms with Crippen LogP contribution in [0.4, 0.5) is 0 Å². The number of carboxylic acids is 1. The summed E-state index contributed by atoms with van der Waals surface area (Å²) in [7, 11) is 0. The van der Waals surface area contributed by atoms with Gasteiger partial charge in [0.25, 0.3) is 0 Å². The largest absolute Gasteiger partial charge is 0.478 e. The molecule has 1 aromatic heterocycles. The summed E-state index contributed by atoms with van der Waals surface area (Å²) in [5.74, 6) is -0.951. The molecule has 0 aliphatic heterocycles. The van der Waals surface area contributed by atoms with Gasteiger partial charge in [-0.15, -0.1) is 0 Å². The molecule has 98 valence electrons. The summed E-state index contributed by atoms with van der Waals surface area (Å²) in [6, 6.07) is 0.576. The molecule has 18 heavy (non-hydrogen) atoms. The third kappa shape index (κ3) is 2.85. The van der Waals surface area contributed by atoms with Gasteiger partial charge in [0.1, 0.15) is 11.9 Å². The first kappa shape index (κ1) is 13.0. The maximum absolute atomic E-state index is 11.1. The summed E-state index contributed by atoms with van der Waals surface area (Å²) in [4.78, 5) is 21.3. The lowest BCUT2D eigenvalue weighted by Crippen LogP contribution is -2.33. The van der Waals surface area contributed by atoms with E-state index >= 15 is 0 Å². The molecular weight excluding hydrogens is 230 g/mol. The second kappa shape index (κ2) is 5.91. The fraction of sp³-hybridized carbons (Fsp3) is 0.615. The van der Waals surface area contributed by atoms with Gasteiger partial charge in [0, 0.05) is 18.8 Å². The van der Waals surface area contributed by atoms with Gasteiger partial charge in [-0.3, -0.25) is 4.90 Å². The van der Waals surface area contributed by atoms with E-state index in [0.29, 0.717) is 18.3 Å². The predicted octanol–water partition coefficient (Wildman–Crippen LogP) is 1.94. The molecule has 1 aromatic rings. The molecule has 2 rings (SSSR count). The molecule has 0 bridgehead atoms. The van der Waals surface area contributed by atoms with Gasteiger partial charge in [-0.1, -0.05) is 19.8 Å². The van der Waals surface area contributed by atoms with Crippen LogP contribution in [0.2, 0.25) is 0 Å². The van der Waals surface area contributed by atoms with Crippen molar-refractivity contribution < 1.29 is 9.90 Å². The smallest absolute Gasteiger partial charge is 0.339 e. The van der Waals surface area contributed by atoms with Crippen LogP contribution in [0.3, 0.4) is 0 Å². The van der Waals surface area contributed by atoms with Crippen LogP contribution in [-0.4, -0.2) is 38.5 Å². The summed E-state index contributed by atoms with van der Waals surface area (Å²) in [5.41, 5.74) is 0.834. The summed E-state index contributed by atoms with van der Waals surface area (Å²) in [6.07, 6.45) is 7.77. The van der Waals surface area contributed by atoms with Gasteiger partial charge in [0.2, 0.25) is 0 Å². The van der Waals surface area contributed by atoms with E-state index in [9.17, 15) is 4.79 Å². The molecule has 0 saturated heterocycles. The summed E-state index contributed by atoms with van der Waals surface area (Å²) < 4.78 is 0. The Bertz CT molecular complexity index is 416. The van der Waals surface area contributed by atoms with E-state index in [1.165, 1.54) is 38.2 Å². The maximum Gasteiger partial charge on any atom is 0.339 e. The van der Waals surface area contributed by atoms with Crippen molar-refractivity contribution in [2.75, 3.05) is 6.54 Å². The summed E-state index contributed by atoms with van der Waals surface area (Å²) in [5, 5.41) is 9.12. The zero-order chi connectivity index (χ0) is 13.0. The SMILES string of the molecule is CCN(Cc1ncncc1C(=O)O)C1CCCC1. The minimum Gasteiger partial charge on any atom is -0.478 e. The monoisotopic (exact) mass is 249 g/mol. The topological polar surface area (TPSA) is 66.3 Å². The Kier molecular flexibility index (Phi) is 4.25. The van der Waals surface area contributed by atoms with Gasteiger partial charge >= 0.3 is 5.97 Å². The van der Waals surface area contributed by atoms with Crippen LogP contribution < -0.4 is 0 Å². The highest BCUT2D eigenvalue weighted by Gasteiger charge is 2.23. The van der Waals surface area contributed by atoms with Crippen molar-refractivity contribution in [3.05, 3.63) is 23.8 Å². The molecule has 1 heterocycles. The number of aromatic carboxylic acids is 1. The standard InChI is InChI=1S/C13H19N3O2/c1-2-16(10-5-3-4-6-10)8-12-11(13(17)18)7-14-9-15-12/h7,9-10H,2-6,8H2,1H3,(H,17,18). The minimum atomic E-state index is -0.951. The molecule has 5 nitrogen and oxygen atoms in total. The van der Waals surface area contributed by atoms with E-state index in [1.807, 2.05) is 0 Å². The lowest BCUT2D eigenvalue weighted by Gasteiger charge is -2.27. The van der Waals surface area contributed by atoms with Crippen molar-refractivity contribution in [1.82, 2.24) is 14.9 Å². The lowest BCUT2D eigenvalue weighted by atomic mass is 10.1. The molecule has 0 spiro atoms.